The number of para-hydroxylation sites is 1. The van der Waals surface area contributed by atoms with Crippen molar-refractivity contribution in [3.05, 3.63) is 29.8 Å². The van der Waals surface area contributed by atoms with Gasteiger partial charge in [0.15, 0.2) is 5.96 Å². The van der Waals surface area contributed by atoms with Gasteiger partial charge in [-0.15, -0.1) is 24.0 Å². The van der Waals surface area contributed by atoms with E-state index >= 15 is 0 Å². The van der Waals surface area contributed by atoms with E-state index in [2.05, 4.69) is 15.6 Å². The van der Waals surface area contributed by atoms with Crippen LogP contribution in [0, 0.1) is 0 Å². The number of nitrogens with one attached hydrogen (secondary N) is 2. The van der Waals surface area contributed by atoms with E-state index in [4.69, 9.17) is 4.74 Å². The van der Waals surface area contributed by atoms with E-state index in [1.165, 1.54) is 4.31 Å². The quantitative estimate of drug-likeness (QED) is 0.333. The number of guanidine groups is 1. The molecular weight excluding hydrogens is 479 g/mol. The number of hydrogen-bond acceptors (Lipinski definition) is 4. The van der Waals surface area contributed by atoms with Crippen molar-refractivity contribution in [3.63, 3.8) is 0 Å². The Labute approximate surface area is 179 Å². The predicted octanol–water partition coefficient (Wildman–Crippen LogP) is 1.73. The fourth-order valence-electron chi connectivity index (χ4n) is 3.33. The van der Waals surface area contributed by atoms with E-state index in [0.717, 1.165) is 43.7 Å². The van der Waals surface area contributed by atoms with Gasteiger partial charge in [-0.3, -0.25) is 9.30 Å². The molecule has 1 aromatic carbocycles. The molecule has 0 saturated carbocycles. The van der Waals surface area contributed by atoms with Crippen molar-refractivity contribution in [3.8, 4) is 0 Å². The van der Waals surface area contributed by atoms with Crippen LogP contribution in [0.25, 0.3) is 0 Å². The molecule has 1 saturated heterocycles. The zero-order valence-electron chi connectivity index (χ0n) is 15.7. The molecule has 1 unspecified atom stereocenters. The molecule has 0 bridgehead atoms. The fraction of sp³-hybridized carbons (Fsp3) is 0.611. The Hall–Kier alpha value is -1.07. The third kappa shape index (κ3) is 5.95. The fourth-order valence-corrected chi connectivity index (χ4v) is 4.76. The molecule has 9 heteroatoms. The molecule has 7 nitrogen and oxygen atoms in total. The van der Waals surface area contributed by atoms with E-state index in [9.17, 15) is 8.42 Å². The Morgan fingerprint density at radius 1 is 1.33 bits per heavy atom. The van der Waals surface area contributed by atoms with Crippen LogP contribution in [0.15, 0.2) is 29.3 Å². The van der Waals surface area contributed by atoms with E-state index in [0.29, 0.717) is 25.6 Å². The van der Waals surface area contributed by atoms with Crippen molar-refractivity contribution in [1.82, 2.24) is 10.6 Å². The molecule has 2 N–H and O–H groups in total. The molecule has 1 fully saturated rings. The highest BCUT2D eigenvalue weighted by Crippen LogP contribution is 2.29. The predicted molar refractivity (Wildman–Crippen MR) is 120 cm³/mol. The number of nitrogens with zero attached hydrogens (tertiary/aromatic N) is 2. The number of aliphatic imine (C=N–C) groups is 1. The zero-order chi connectivity index (χ0) is 18.4. The highest BCUT2D eigenvalue weighted by molar-refractivity contribution is 14.0. The molecule has 1 atom stereocenters. The lowest BCUT2D eigenvalue weighted by atomic mass is 10.2. The molecule has 0 amide bonds. The number of ether oxygens (including phenoxy) is 1. The molecule has 0 aliphatic carbocycles. The van der Waals surface area contributed by atoms with Gasteiger partial charge in [-0.25, -0.2) is 8.42 Å². The first-order valence-electron chi connectivity index (χ1n) is 9.32. The normalized spacial score (nSPS) is 19.5. The largest absolute Gasteiger partial charge is 0.376 e. The maximum absolute atomic E-state index is 12.7. The first kappa shape index (κ1) is 22.2. The van der Waals surface area contributed by atoms with E-state index in [1.807, 2.05) is 31.2 Å². The molecule has 2 aliphatic heterocycles. The van der Waals surface area contributed by atoms with Crippen LogP contribution >= 0.6 is 24.0 Å². The first-order chi connectivity index (χ1) is 12.6. The van der Waals surface area contributed by atoms with Crippen LogP contribution in [0.5, 0.6) is 0 Å². The number of sulfonamides is 1. The minimum atomic E-state index is -3.35. The maximum Gasteiger partial charge on any atom is 0.236 e. The van der Waals surface area contributed by atoms with Gasteiger partial charge in [-0.2, -0.15) is 0 Å². The maximum atomic E-state index is 12.7. The number of halogens is 1. The molecule has 2 aliphatic rings. The van der Waals surface area contributed by atoms with Crippen LogP contribution in [0.1, 0.15) is 25.3 Å². The van der Waals surface area contributed by atoms with Gasteiger partial charge in [0.05, 0.1) is 24.1 Å². The lowest BCUT2D eigenvalue weighted by molar-refractivity contribution is 0.117. The van der Waals surface area contributed by atoms with Crippen molar-refractivity contribution in [2.24, 2.45) is 4.99 Å². The smallest absolute Gasteiger partial charge is 0.236 e. The Morgan fingerprint density at radius 3 is 2.89 bits per heavy atom. The molecule has 152 valence electrons. The molecule has 0 radical (unpaired) electrons. The van der Waals surface area contributed by atoms with E-state index in [1.54, 1.807) is 0 Å². The number of benzene rings is 1. The summed E-state index contributed by atoms with van der Waals surface area (Å²) in [6, 6.07) is 7.69. The van der Waals surface area contributed by atoms with Gasteiger partial charge in [0.25, 0.3) is 0 Å². The average Bonchev–Trinajstić information content (AvgIpc) is 3.29. The van der Waals surface area contributed by atoms with Crippen molar-refractivity contribution in [1.29, 1.82) is 0 Å². The van der Waals surface area contributed by atoms with Gasteiger partial charge in [0.1, 0.15) is 0 Å². The minimum absolute atomic E-state index is 0. The number of fused-ring (bicyclic) bond motifs is 1. The highest BCUT2D eigenvalue weighted by Gasteiger charge is 2.28. The van der Waals surface area contributed by atoms with Crippen molar-refractivity contribution >= 4 is 45.6 Å². The summed E-state index contributed by atoms with van der Waals surface area (Å²) in [7, 11) is -3.35. The van der Waals surface area contributed by atoms with Crippen LogP contribution in [-0.2, 0) is 21.2 Å². The molecule has 3 rings (SSSR count). The average molecular weight is 508 g/mol. The van der Waals surface area contributed by atoms with Crippen molar-refractivity contribution < 1.29 is 13.2 Å². The van der Waals surface area contributed by atoms with Crippen LogP contribution in [0.4, 0.5) is 5.69 Å². The molecule has 0 spiro atoms. The molecule has 27 heavy (non-hydrogen) atoms. The monoisotopic (exact) mass is 508 g/mol. The summed E-state index contributed by atoms with van der Waals surface area (Å²) in [6.07, 6.45) is 3.06. The SMILES string of the molecule is CCNC(=NCC1CCCO1)NCCS(=O)(=O)N1CCc2ccccc21.I. The summed E-state index contributed by atoms with van der Waals surface area (Å²) in [5, 5.41) is 6.28. The summed E-state index contributed by atoms with van der Waals surface area (Å²) >= 11 is 0. The Kier molecular flexibility index (Phi) is 8.62. The number of hydrogen-bond donors (Lipinski definition) is 2. The van der Waals surface area contributed by atoms with Gasteiger partial charge >= 0.3 is 0 Å². The highest BCUT2D eigenvalue weighted by atomic mass is 127. The van der Waals surface area contributed by atoms with E-state index < -0.39 is 10.0 Å². The zero-order valence-corrected chi connectivity index (χ0v) is 18.8. The van der Waals surface area contributed by atoms with Crippen molar-refractivity contribution in [2.45, 2.75) is 32.3 Å². The van der Waals surface area contributed by atoms with E-state index in [-0.39, 0.29) is 35.8 Å². The standard InChI is InChI=1S/C18H28N4O3S.HI/c1-2-19-18(21-14-16-7-5-12-25-16)20-10-13-26(23,24)22-11-9-15-6-3-4-8-17(15)22;/h3-4,6,8,16H,2,5,7,9-14H2,1H3,(H2,19,20,21);1H. The first-order valence-corrected chi connectivity index (χ1v) is 10.9. The Bertz CT molecular complexity index is 736. The lowest BCUT2D eigenvalue weighted by Gasteiger charge is -2.20. The number of anilines is 1. The second kappa shape index (κ2) is 10.5. The van der Waals surface area contributed by atoms with Crippen molar-refractivity contribution in [2.75, 3.05) is 42.8 Å². The summed E-state index contributed by atoms with van der Waals surface area (Å²) in [4.78, 5) is 4.51. The number of rotatable bonds is 7. The van der Waals surface area contributed by atoms with Crippen LogP contribution < -0.4 is 14.9 Å². The Balaban J connectivity index is 0.00000261. The third-order valence-electron chi connectivity index (χ3n) is 4.65. The topological polar surface area (TPSA) is 83.0 Å². The van der Waals surface area contributed by atoms with Crippen LogP contribution in [-0.4, -0.2) is 59.0 Å². The third-order valence-corrected chi connectivity index (χ3v) is 6.42. The minimum Gasteiger partial charge on any atom is -0.376 e. The van der Waals surface area contributed by atoms with Crippen LogP contribution in [0.2, 0.25) is 0 Å². The summed E-state index contributed by atoms with van der Waals surface area (Å²) in [5.41, 5.74) is 1.90. The second-order valence-electron chi connectivity index (χ2n) is 6.55. The van der Waals surface area contributed by atoms with Crippen LogP contribution in [0.3, 0.4) is 0 Å². The summed E-state index contributed by atoms with van der Waals surface area (Å²) < 4.78 is 32.5. The molecule has 1 aromatic rings. The molecule has 2 heterocycles. The summed E-state index contributed by atoms with van der Waals surface area (Å²) in [6.45, 7) is 4.96. The van der Waals surface area contributed by atoms with Gasteiger partial charge < -0.3 is 15.4 Å². The van der Waals surface area contributed by atoms with Gasteiger partial charge in [-0.1, -0.05) is 18.2 Å². The molecular formula is C18H29IN4O3S. The Morgan fingerprint density at radius 2 is 2.15 bits per heavy atom. The van der Waals surface area contributed by atoms with Gasteiger partial charge in [0.2, 0.25) is 10.0 Å². The lowest BCUT2D eigenvalue weighted by Crippen LogP contribution is -2.42. The van der Waals surface area contributed by atoms with Gasteiger partial charge in [0, 0.05) is 26.2 Å². The summed E-state index contributed by atoms with van der Waals surface area (Å²) in [5.74, 6) is 0.672. The van der Waals surface area contributed by atoms with Gasteiger partial charge in [-0.05, 0) is 37.8 Å². The molecule has 0 aromatic heterocycles. The second-order valence-corrected chi connectivity index (χ2v) is 8.56.